The number of pyridine rings is 1. The van der Waals surface area contributed by atoms with E-state index in [0.29, 0.717) is 0 Å². The SMILES string of the molecule is CC(=N)c1c(O)cc[nH]c1=O. The maximum Gasteiger partial charge on any atom is 0.260 e. The second-order valence-electron chi connectivity index (χ2n) is 2.19. The van der Waals surface area contributed by atoms with Gasteiger partial charge in [-0.3, -0.25) is 4.79 Å². The molecule has 0 saturated carbocycles. The zero-order valence-electron chi connectivity index (χ0n) is 6.01. The van der Waals surface area contributed by atoms with E-state index in [0.717, 1.165) is 0 Å². The van der Waals surface area contributed by atoms with Gasteiger partial charge in [-0.05, 0) is 13.0 Å². The normalized spacial score (nSPS) is 9.55. The van der Waals surface area contributed by atoms with Crippen LogP contribution in [0.15, 0.2) is 17.1 Å². The molecule has 0 aliphatic rings. The van der Waals surface area contributed by atoms with Gasteiger partial charge in [0.25, 0.3) is 5.56 Å². The van der Waals surface area contributed by atoms with Gasteiger partial charge in [-0.1, -0.05) is 0 Å². The number of aromatic hydroxyl groups is 1. The Balaban J connectivity index is 3.45. The quantitative estimate of drug-likeness (QED) is 0.511. The van der Waals surface area contributed by atoms with Crippen LogP contribution >= 0.6 is 0 Å². The number of hydrogen-bond acceptors (Lipinski definition) is 3. The maximum atomic E-state index is 10.9. The molecule has 1 heterocycles. The number of aromatic amines is 1. The van der Waals surface area contributed by atoms with Crippen LogP contribution in [0.25, 0.3) is 0 Å². The predicted octanol–water partition coefficient (Wildman–Crippen LogP) is 0.468. The van der Waals surface area contributed by atoms with E-state index in [-0.39, 0.29) is 17.0 Å². The minimum Gasteiger partial charge on any atom is -0.507 e. The molecule has 3 N–H and O–H groups in total. The van der Waals surface area contributed by atoms with Crippen molar-refractivity contribution in [2.75, 3.05) is 0 Å². The van der Waals surface area contributed by atoms with Crippen molar-refractivity contribution < 1.29 is 5.11 Å². The summed E-state index contributed by atoms with van der Waals surface area (Å²) >= 11 is 0. The van der Waals surface area contributed by atoms with E-state index in [9.17, 15) is 4.79 Å². The minimum absolute atomic E-state index is 0.0347. The van der Waals surface area contributed by atoms with Gasteiger partial charge in [0, 0.05) is 11.9 Å². The molecule has 0 aliphatic carbocycles. The number of hydrogen-bond donors (Lipinski definition) is 3. The van der Waals surface area contributed by atoms with Crippen LogP contribution in [0.4, 0.5) is 0 Å². The van der Waals surface area contributed by atoms with Gasteiger partial charge in [-0.15, -0.1) is 0 Å². The first kappa shape index (κ1) is 7.53. The first-order chi connectivity index (χ1) is 5.13. The molecule has 1 aromatic rings. The van der Waals surface area contributed by atoms with Crippen LogP contribution in [0, 0.1) is 5.41 Å². The fraction of sp³-hybridized carbons (Fsp3) is 0.143. The van der Waals surface area contributed by atoms with Gasteiger partial charge >= 0.3 is 0 Å². The Kier molecular flexibility index (Phi) is 1.76. The van der Waals surface area contributed by atoms with Gasteiger partial charge in [0.15, 0.2) is 0 Å². The Morgan fingerprint density at radius 2 is 2.36 bits per heavy atom. The molecule has 0 saturated heterocycles. The van der Waals surface area contributed by atoms with E-state index in [2.05, 4.69) is 4.98 Å². The number of H-pyrrole nitrogens is 1. The third-order valence-electron chi connectivity index (χ3n) is 1.31. The second kappa shape index (κ2) is 2.57. The van der Waals surface area contributed by atoms with E-state index in [4.69, 9.17) is 10.5 Å². The zero-order valence-corrected chi connectivity index (χ0v) is 6.01. The fourth-order valence-electron chi connectivity index (χ4n) is 0.831. The van der Waals surface area contributed by atoms with Crippen molar-refractivity contribution in [3.8, 4) is 5.75 Å². The third-order valence-corrected chi connectivity index (χ3v) is 1.31. The van der Waals surface area contributed by atoms with Crippen molar-refractivity contribution in [1.29, 1.82) is 5.41 Å². The number of nitrogens with one attached hydrogen (secondary N) is 2. The summed E-state index contributed by atoms with van der Waals surface area (Å²) in [6.45, 7) is 1.45. The van der Waals surface area contributed by atoms with Crippen LogP contribution < -0.4 is 5.56 Å². The van der Waals surface area contributed by atoms with Crippen LogP contribution in [0.3, 0.4) is 0 Å². The molecule has 11 heavy (non-hydrogen) atoms. The molecule has 0 radical (unpaired) electrons. The van der Waals surface area contributed by atoms with Gasteiger partial charge in [0.1, 0.15) is 11.3 Å². The molecule has 0 unspecified atom stereocenters. The third kappa shape index (κ3) is 1.29. The lowest BCUT2D eigenvalue weighted by Crippen LogP contribution is -2.14. The molecule has 1 rings (SSSR count). The van der Waals surface area contributed by atoms with Crippen molar-refractivity contribution in [2.45, 2.75) is 6.92 Å². The molecule has 0 aliphatic heterocycles. The fourth-order valence-corrected chi connectivity index (χ4v) is 0.831. The molecule has 4 nitrogen and oxygen atoms in total. The molecule has 0 aromatic carbocycles. The standard InChI is InChI=1S/C7H8N2O2/c1-4(8)6-5(10)2-3-9-7(6)11/h2-3,8H,1H3,(H2,9,10,11). The topological polar surface area (TPSA) is 76.9 Å². The van der Waals surface area contributed by atoms with E-state index in [1.165, 1.54) is 19.2 Å². The van der Waals surface area contributed by atoms with Crippen molar-refractivity contribution >= 4 is 5.71 Å². The summed E-state index contributed by atoms with van der Waals surface area (Å²) in [5.74, 6) is -0.152. The van der Waals surface area contributed by atoms with Crippen molar-refractivity contribution in [1.82, 2.24) is 4.98 Å². The largest absolute Gasteiger partial charge is 0.507 e. The number of aromatic nitrogens is 1. The summed E-state index contributed by atoms with van der Waals surface area (Å²) in [4.78, 5) is 13.3. The lowest BCUT2D eigenvalue weighted by Gasteiger charge is -1.98. The first-order valence-electron chi connectivity index (χ1n) is 3.09. The highest BCUT2D eigenvalue weighted by Gasteiger charge is 2.06. The van der Waals surface area contributed by atoms with Crippen LogP contribution in [-0.2, 0) is 0 Å². The summed E-state index contributed by atoms with van der Waals surface area (Å²) < 4.78 is 0. The molecular formula is C7H8N2O2. The smallest absolute Gasteiger partial charge is 0.260 e. The van der Waals surface area contributed by atoms with Gasteiger partial charge < -0.3 is 15.5 Å². The molecular weight excluding hydrogens is 144 g/mol. The Bertz CT molecular complexity index is 341. The van der Waals surface area contributed by atoms with Gasteiger partial charge in [-0.25, -0.2) is 0 Å². The summed E-state index contributed by atoms with van der Waals surface area (Å²) in [5.41, 5.74) is -0.339. The van der Waals surface area contributed by atoms with Gasteiger partial charge in [0.2, 0.25) is 0 Å². The summed E-state index contributed by atoms with van der Waals surface area (Å²) in [6.07, 6.45) is 1.34. The highest BCUT2D eigenvalue weighted by molar-refractivity contribution is 5.98. The molecule has 0 bridgehead atoms. The molecule has 0 spiro atoms. The Hall–Kier alpha value is -1.58. The molecule has 4 heteroatoms. The number of rotatable bonds is 1. The maximum absolute atomic E-state index is 10.9. The van der Waals surface area contributed by atoms with Crippen molar-refractivity contribution in [3.05, 3.63) is 28.2 Å². The lowest BCUT2D eigenvalue weighted by atomic mass is 10.2. The molecule has 0 atom stereocenters. The minimum atomic E-state index is -0.433. The van der Waals surface area contributed by atoms with Crippen LogP contribution in [0.5, 0.6) is 5.75 Å². The average Bonchev–Trinajstić information content (AvgIpc) is 1.85. The molecule has 0 fully saturated rings. The Labute approximate surface area is 63.0 Å². The summed E-state index contributed by atoms with van der Waals surface area (Å²) in [7, 11) is 0. The van der Waals surface area contributed by atoms with E-state index in [1.807, 2.05) is 0 Å². The highest BCUT2D eigenvalue weighted by Crippen LogP contribution is 2.09. The molecule has 0 amide bonds. The van der Waals surface area contributed by atoms with Crippen molar-refractivity contribution in [3.63, 3.8) is 0 Å². The second-order valence-corrected chi connectivity index (χ2v) is 2.19. The van der Waals surface area contributed by atoms with Gasteiger partial charge in [0.05, 0.1) is 0 Å². The summed E-state index contributed by atoms with van der Waals surface area (Å²) in [5, 5.41) is 16.2. The van der Waals surface area contributed by atoms with Gasteiger partial charge in [-0.2, -0.15) is 0 Å². The van der Waals surface area contributed by atoms with E-state index < -0.39 is 5.56 Å². The predicted molar refractivity (Wildman–Crippen MR) is 41.2 cm³/mol. The van der Waals surface area contributed by atoms with Crippen LogP contribution in [-0.4, -0.2) is 15.8 Å². The molecule has 1 aromatic heterocycles. The van der Waals surface area contributed by atoms with E-state index in [1.54, 1.807) is 0 Å². The monoisotopic (exact) mass is 152 g/mol. The average molecular weight is 152 g/mol. The first-order valence-corrected chi connectivity index (χ1v) is 3.09. The highest BCUT2D eigenvalue weighted by atomic mass is 16.3. The van der Waals surface area contributed by atoms with Crippen LogP contribution in [0.1, 0.15) is 12.5 Å². The summed E-state index contributed by atoms with van der Waals surface area (Å²) in [6, 6.07) is 1.34. The van der Waals surface area contributed by atoms with Crippen molar-refractivity contribution in [2.24, 2.45) is 0 Å². The molecule has 58 valence electrons. The Morgan fingerprint density at radius 3 is 2.73 bits per heavy atom. The van der Waals surface area contributed by atoms with E-state index >= 15 is 0 Å². The zero-order chi connectivity index (χ0) is 8.43. The van der Waals surface area contributed by atoms with Crippen LogP contribution in [0.2, 0.25) is 0 Å². The Morgan fingerprint density at radius 1 is 1.73 bits per heavy atom. The lowest BCUT2D eigenvalue weighted by molar-refractivity contribution is 0.472.